The lowest BCUT2D eigenvalue weighted by atomic mass is 10.0. The zero-order valence-electron chi connectivity index (χ0n) is 12.4. The zero-order valence-corrected chi connectivity index (χ0v) is 12.4. The number of ether oxygens (including phenoxy) is 1. The number of aryl methyl sites for hydroxylation is 2. The fourth-order valence-electron chi connectivity index (χ4n) is 2.54. The molecule has 0 bridgehead atoms. The van der Waals surface area contributed by atoms with Gasteiger partial charge in [-0.15, -0.1) is 0 Å². The van der Waals surface area contributed by atoms with E-state index in [2.05, 4.69) is 18.0 Å². The number of methoxy groups -OCH3 is 1. The molecule has 0 spiro atoms. The van der Waals surface area contributed by atoms with Gasteiger partial charge >= 0.3 is 0 Å². The molecule has 4 nitrogen and oxygen atoms in total. The SMILES string of the molecule is COc1cc(C)c(-c2cn3ccc(CO)cc3n2)cc1C. The third kappa shape index (κ3) is 2.38. The molecule has 2 heterocycles. The molecule has 0 saturated heterocycles. The summed E-state index contributed by atoms with van der Waals surface area (Å²) in [6.45, 7) is 4.11. The third-order valence-electron chi connectivity index (χ3n) is 3.73. The van der Waals surface area contributed by atoms with Crippen LogP contribution in [0.2, 0.25) is 0 Å². The highest BCUT2D eigenvalue weighted by Crippen LogP contribution is 2.29. The highest BCUT2D eigenvalue weighted by Gasteiger charge is 2.10. The number of benzene rings is 1. The minimum atomic E-state index is 0.0271. The molecule has 0 unspecified atom stereocenters. The number of hydrogen-bond donors (Lipinski definition) is 1. The Hall–Kier alpha value is -2.33. The van der Waals surface area contributed by atoms with Crippen LogP contribution in [0.5, 0.6) is 5.75 Å². The molecule has 0 fully saturated rings. The lowest BCUT2D eigenvalue weighted by Crippen LogP contribution is -1.91. The monoisotopic (exact) mass is 282 g/mol. The first-order valence-corrected chi connectivity index (χ1v) is 6.86. The first-order valence-electron chi connectivity index (χ1n) is 6.86. The van der Waals surface area contributed by atoms with Gasteiger partial charge in [0, 0.05) is 18.0 Å². The maximum atomic E-state index is 9.21. The lowest BCUT2D eigenvalue weighted by molar-refractivity contribution is 0.282. The number of rotatable bonds is 3. The molecule has 3 rings (SSSR count). The summed E-state index contributed by atoms with van der Waals surface area (Å²) < 4.78 is 7.32. The maximum absolute atomic E-state index is 9.21. The molecule has 0 aliphatic heterocycles. The highest BCUT2D eigenvalue weighted by atomic mass is 16.5. The number of aliphatic hydroxyl groups is 1. The third-order valence-corrected chi connectivity index (χ3v) is 3.73. The Morgan fingerprint density at radius 1 is 1.19 bits per heavy atom. The van der Waals surface area contributed by atoms with Crippen LogP contribution in [0.1, 0.15) is 16.7 Å². The van der Waals surface area contributed by atoms with E-state index in [1.54, 1.807) is 7.11 Å². The number of aromatic nitrogens is 2. The van der Waals surface area contributed by atoms with E-state index < -0.39 is 0 Å². The maximum Gasteiger partial charge on any atom is 0.137 e. The van der Waals surface area contributed by atoms with Crippen molar-refractivity contribution in [3.05, 3.63) is 53.3 Å². The summed E-state index contributed by atoms with van der Waals surface area (Å²) in [6, 6.07) is 7.93. The van der Waals surface area contributed by atoms with Gasteiger partial charge in [0.25, 0.3) is 0 Å². The van der Waals surface area contributed by atoms with Crippen LogP contribution in [0, 0.1) is 13.8 Å². The second-order valence-corrected chi connectivity index (χ2v) is 5.22. The molecular formula is C17H18N2O2. The van der Waals surface area contributed by atoms with Crippen LogP contribution in [-0.2, 0) is 6.61 Å². The molecular weight excluding hydrogens is 264 g/mol. The molecule has 0 radical (unpaired) electrons. The van der Waals surface area contributed by atoms with Crippen LogP contribution < -0.4 is 4.74 Å². The smallest absolute Gasteiger partial charge is 0.137 e. The van der Waals surface area contributed by atoms with Crippen molar-refractivity contribution in [2.45, 2.75) is 20.5 Å². The molecule has 2 aromatic heterocycles. The van der Waals surface area contributed by atoms with Gasteiger partial charge in [-0.25, -0.2) is 4.98 Å². The van der Waals surface area contributed by atoms with Gasteiger partial charge in [0.1, 0.15) is 11.4 Å². The molecule has 4 heteroatoms. The van der Waals surface area contributed by atoms with Crippen LogP contribution in [-0.4, -0.2) is 21.6 Å². The summed E-state index contributed by atoms with van der Waals surface area (Å²) in [5.74, 6) is 0.891. The van der Waals surface area contributed by atoms with Crippen LogP contribution in [0.4, 0.5) is 0 Å². The first-order chi connectivity index (χ1) is 10.1. The minimum absolute atomic E-state index is 0.0271. The summed E-state index contributed by atoms with van der Waals surface area (Å²) in [7, 11) is 1.68. The number of imidazole rings is 1. The fourth-order valence-corrected chi connectivity index (χ4v) is 2.54. The van der Waals surface area contributed by atoms with E-state index >= 15 is 0 Å². The van der Waals surface area contributed by atoms with Crippen LogP contribution in [0.15, 0.2) is 36.7 Å². The average molecular weight is 282 g/mol. The summed E-state index contributed by atoms with van der Waals surface area (Å²) in [6.07, 6.45) is 3.92. The second-order valence-electron chi connectivity index (χ2n) is 5.22. The molecule has 3 aromatic rings. The number of fused-ring (bicyclic) bond motifs is 1. The Kier molecular flexibility index (Phi) is 3.39. The molecule has 0 atom stereocenters. The molecule has 1 aromatic carbocycles. The molecule has 108 valence electrons. The molecule has 21 heavy (non-hydrogen) atoms. The van der Waals surface area contributed by atoms with Crippen molar-refractivity contribution >= 4 is 5.65 Å². The van der Waals surface area contributed by atoms with Gasteiger partial charge in [-0.1, -0.05) is 0 Å². The standard InChI is InChI=1S/C17H18N2O2/c1-11-7-16(21-3)12(2)6-14(11)15-9-19-5-4-13(10-20)8-17(19)18-15/h4-9,20H,10H2,1-3H3. The molecule has 1 N–H and O–H groups in total. The topological polar surface area (TPSA) is 46.8 Å². The lowest BCUT2D eigenvalue weighted by Gasteiger charge is -2.09. The Labute approximate surface area is 123 Å². The highest BCUT2D eigenvalue weighted by molar-refractivity contribution is 5.68. The summed E-state index contributed by atoms with van der Waals surface area (Å²) >= 11 is 0. The van der Waals surface area contributed by atoms with Gasteiger partial charge in [0.2, 0.25) is 0 Å². The van der Waals surface area contributed by atoms with Crippen molar-refractivity contribution in [2.24, 2.45) is 0 Å². The zero-order chi connectivity index (χ0) is 15.0. The summed E-state index contributed by atoms with van der Waals surface area (Å²) in [4.78, 5) is 4.66. The van der Waals surface area contributed by atoms with Gasteiger partial charge in [-0.05, 0) is 54.8 Å². The van der Waals surface area contributed by atoms with Crippen molar-refractivity contribution in [3.63, 3.8) is 0 Å². The second kappa shape index (κ2) is 5.22. The molecule has 0 aliphatic rings. The number of aliphatic hydroxyl groups excluding tert-OH is 1. The van der Waals surface area contributed by atoms with Crippen molar-refractivity contribution in [2.75, 3.05) is 7.11 Å². The first kappa shape index (κ1) is 13.6. The Bertz CT molecular complexity index is 806. The minimum Gasteiger partial charge on any atom is -0.496 e. The normalized spacial score (nSPS) is 11.0. The van der Waals surface area contributed by atoms with E-state index in [4.69, 9.17) is 4.74 Å². The number of hydrogen-bond acceptors (Lipinski definition) is 3. The van der Waals surface area contributed by atoms with Gasteiger partial charge < -0.3 is 14.2 Å². The van der Waals surface area contributed by atoms with Crippen molar-refractivity contribution in [3.8, 4) is 17.0 Å². The van der Waals surface area contributed by atoms with Crippen LogP contribution >= 0.6 is 0 Å². The molecule has 0 aliphatic carbocycles. The predicted octanol–water partition coefficient (Wildman–Crippen LogP) is 3.12. The van der Waals surface area contributed by atoms with Crippen molar-refractivity contribution in [1.29, 1.82) is 0 Å². The van der Waals surface area contributed by atoms with Crippen molar-refractivity contribution < 1.29 is 9.84 Å². The van der Waals surface area contributed by atoms with Gasteiger partial charge in [0.15, 0.2) is 0 Å². The molecule has 0 saturated carbocycles. The number of pyridine rings is 1. The van der Waals surface area contributed by atoms with Gasteiger partial charge in [-0.3, -0.25) is 0 Å². The van der Waals surface area contributed by atoms with Crippen LogP contribution in [0.3, 0.4) is 0 Å². The summed E-state index contributed by atoms with van der Waals surface area (Å²) in [5, 5.41) is 9.21. The van der Waals surface area contributed by atoms with E-state index in [1.807, 2.05) is 41.9 Å². The Balaban J connectivity index is 2.14. The van der Waals surface area contributed by atoms with E-state index in [-0.39, 0.29) is 6.61 Å². The predicted molar refractivity (Wildman–Crippen MR) is 82.6 cm³/mol. The Morgan fingerprint density at radius 2 is 2.00 bits per heavy atom. The largest absolute Gasteiger partial charge is 0.496 e. The molecule has 0 amide bonds. The van der Waals surface area contributed by atoms with E-state index in [0.717, 1.165) is 39.3 Å². The summed E-state index contributed by atoms with van der Waals surface area (Å²) in [5.41, 5.74) is 5.94. The number of nitrogens with zero attached hydrogens (tertiary/aromatic N) is 2. The van der Waals surface area contributed by atoms with Gasteiger partial charge in [-0.2, -0.15) is 0 Å². The van der Waals surface area contributed by atoms with Gasteiger partial charge in [0.05, 0.1) is 19.4 Å². The quantitative estimate of drug-likeness (QED) is 0.803. The average Bonchev–Trinajstić information content (AvgIpc) is 2.91. The van der Waals surface area contributed by atoms with E-state index in [0.29, 0.717) is 0 Å². The van der Waals surface area contributed by atoms with Crippen LogP contribution in [0.25, 0.3) is 16.9 Å². The fraction of sp³-hybridized carbons (Fsp3) is 0.235. The van der Waals surface area contributed by atoms with E-state index in [9.17, 15) is 5.11 Å². The Morgan fingerprint density at radius 3 is 2.71 bits per heavy atom. The van der Waals surface area contributed by atoms with E-state index in [1.165, 1.54) is 0 Å². The van der Waals surface area contributed by atoms with Crippen molar-refractivity contribution in [1.82, 2.24) is 9.38 Å².